The van der Waals surface area contributed by atoms with Crippen molar-refractivity contribution in [2.45, 2.75) is 6.42 Å². The Hall–Kier alpha value is -2.02. The van der Waals surface area contributed by atoms with Gasteiger partial charge in [0.25, 0.3) is 0 Å². The maximum absolute atomic E-state index is 11.8. The molecule has 6 nitrogen and oxygen atoms in total. The Morgan fingerprint density at radius 2 is 2.20 bits per heavy atom. The molecule has 7 heteroatoms. The van der Waals surface area contributed by atoms with Gasteiger partial charge in [0.2, 0.25) is 5.76 Å². The van der Waals surface area contributed by atoms with Gasteiger partial charge in [-0.3, -0.25) is 0 Å². The summed E-state index contributed by atoms with van der Waals surface area (Å²) in [5, 5.41) is 3.23. The van der Waals surface area contributed by atoms with Crippen LogP contribution >= 0.6 is 15.9 Å². The van der Waals surface area contributed by atoms with Crippen LogP contribution in [0.2, 0.25) is 0 Å². The fraction of sp³-hybridized carbons (Fsp3) is 0.231. The van der Waals surface area contributed by atoms with E-state index < -0.39 is 12.0 Å². The van der Waals surface area contributed by atoms with Gasteiger partial charge in [0.05, 0.1) is 11.1 Å². The number of amides is 2. The molecule has 1 aromatic heterocycles. The molecule has 2 rings (SSSR count). The van der Waals surface area contributed by atoms with E-state index in [0.717, 1.165) is 9.86 Å². The van der Waals surface area contributed by atoms with Gasteiger partial charge >= 0.3 is 12.0 Å². The molecule has 1 aromatic carbocycles. The molecule has 3 N–H and O–H groups in total. The Bertz CT molecular complexity index is 638. The number of furan rings is 1. The van der Waals surface area contributed by atoms with Gasteiger partial charge in [0, 0.05) is 11.9 Å². The molecule has 0 atom stereocenters. The molecular formula is C13H13BrN2O4. The number of carbonyl (C=O) groups is 2. The van der Waals surface area contributed by atoms with Gasteiger partial charge in [-0.25, -0.2) is 9.59 Å². The number of rotatable bonds is 5. The third-order valence-electron chi connectivity index (χ3n) is 2.55. The van der Waals surface area contributed by atoms with Crippen molar-refractivity contribution in [1.82, 2.24) is 5.32 Å². The van der Waals surface area contributed by atoms with Crippen LogP contribution in [0.15, 0.2) is 33.2 Å². The lowest BCUT2D eigenvalue weighted by molar-refractivity contribution is 0.0468. The minimum absolute atomic E-state index is 0.148. The van der Waals surface area contributed by atoms with Crippen LogP contribution in [0.4, 0.5) is 4.79 Å². The summed E-state index contributed by atoms with van der Waals surface area (Å²) < 4.78 is 11.3. The number of hydrogen-bond donors (Lipinski definition) is 2. The number of halogens is 1. The molecule has 1 heterocycles. The molecule has 0 saturated heterocycles. The summed E-state index contributed by atoms with van der Waals surface area (Å²) in [5.41, 5.74) is 5.51. The van der Waals surface area contributed by atoms with Crippen molar-refractivity contribution in [3.05, 3.63) is 34.5 Å². The molecule has 20 heavy (non-hydrogen) atoms. The van der Waals surface area contributed by atoms with Crippen LogP contribution < -0.4 is 11.1 Å². The first-order chi connectivity index (χ1) is 9.58. The number of ether oxygens (including phenoxy) is 1. The minimum Gasteiger partial charge on any atom is -0.460 e. The molecule has 0 aliphatic heterocycles. The monoisotopic (exact) mass is 340 g/mol. The second-order valence-electron chi connectivity index (χ2n) is 4.05. The molecule has 2 amide bonds. The molecule has 0 bridgehead atoms. The number of nitrogens with two attached hydrogens (primary N) is 1. The van der Waals surface area contributed by atoms with E-state index in [1.165, 1.54) is 0 Å². The van der Waals surface area contributed by atoms with Crippen molar-refractivity contribution >= 4 is 38.9 Å². The second-order valence-corrected chi connectivity index (χ2v) is 4.90. The lowest BCUT2D eigenvalue weighted by Gasteiger charge is -2.03. The minimum atomic E-state index is -0.599. The van der Waals surface area contributed by atoms with E-state index in [9.17, 15) is 9.59 Å². The first kappa shape index (κ1) is 14.4. The zero-order chi connectivity index (χ0) is 14.5. The molecule has 0 saturated carbocycles. The topological polar surface area (TPSA) is 94.6 Å². The average molecular weight is 341 g/mol. The van der Waals surface area contributed by atoms with Gasteiger partial charge in [-0.2, -0.15) is 0 Å². The molecule has 0 radical (unpaired) electrons. The molecule has 106 valence electrons. The van der Waals surface area contributed by atoms with Crippen LogP contribution in [0.1, 0.15) is 17.0 Å². The van der Waals surface area contributed by atoms with Crippen molar-refractivity contribution in [3.63, 3.8) is 0 Å². The van der Waals surface area contributed by atoms with E-state index in [2.05, 4.69) is 21.2 Å². The van der Waals surface area contributed by atoms with E-state index in [1.807, 2.05) is 18.2 Å². The van der Waals surface area contributed by atoms with E-state index in [0.29, 0.717) is 18.5 Å². The number of primary amides is 1. The number of esters is 1. The number of fused-ring (bicyclic) bond motifs is 1. The number of hydrogen-bond acceptors (Lipinski definition) is 4. The zero-order valence-corrected chi connectivity index (χ0v) is 12.1. The molecule has 0 unspecified atom stereocenters. The summed E-state index contributed by atoms with van der Waals surface area (Å²) in [4.78, 5) is 22.2. The summed E-state index contributed by atoms with van der Waals surface area (Å²) in [7, 11) is 0. The maximum Gasteiger partial charge on any atom is 0.374 e. The van der Waals surface area contributed by atoms with E-state index >= 15 is 0 Å². The van der Waals surface area contributed by atoms with Crippen LogP contribution in [0, 0.1) is 0 Å². The van der Waals surface area contributed by atoms with Crippen LogP contribution in [-0.2, 0) is 4.74 Å². The van der Waals surface area contributed by atoms with Crippen molar-refractivity contribution in [1.29, 1.82) is 0 Å². The zero-order valence-electron chi connectivity index (χ0n) is 10.5. The maximum atomic E-state index is 11.8. The number of benzene rings is 1. The lowest BCUT2D eigenvalue weighted by atomic mass is 10.2. The van der Waals surface area contributed by atoms with Gasteiger partial charge in [-0.15, -0.1) is 0 Å². The Morgan fingerprint density at radius 1 is 1.40 bits per heavy atom. The molecule has 0 fully saturated rings. The molecule has 0 spiro atoms. The highest BCUT2D eigenvalue weighted by atomic mass is 79.9. The van der Waals surface area contributed by atoms with Gasteiger partial charge in [0.15, 0.2) is 0 Å². The Morgan fingerprint density at radius 3 is 2.90 bits per heavy atom. The average Bonchev–Trinajstić information content (AvgIpc) is 2.83. The molecule has 0 aliphatic rings. The summed E-state index contributed by atoms with van der Waals surface area (Å²) in [6.45, 7) is 0.533. The largest absolute Gasteiger partial charge is 0.460 e. The first-order valence-corrected chi connectivity index (χ1v) is 6.75. The third-order valence-corrected chi connectivity index (χ3v) is 3.18. The van der Waals surface area contributed by atoms with Crippen LogP contribution in [0.5, 0.6) is 0 Å². The van der Waals surface area contributed by atoms with Crippen molar-refractivity contribution in [3.8, 4) is 0 Å². The fourth-order valence-corrected chi connectivity index (χ4v) is 2.11. The summed E-state index contributed by atoms with van der Waals surface area (Å²) in [5.74, 6) is -0.387. The van der Waals surface area contributed by atoms with Gasteiger partial charge in [-0.05, 0) is 34.5 Å². The number of nitrogens with one attached hydrogen (secondary N) is 1. The number of carbonyl (C=O) groups excluding carboxylic acids is 2. The highest BCUT2D eigenvalue weighted by Crippen LogP contribution is 2.27. The van der Waals surface area contributed by atoms with Gasteiger partial charge in [-0.1, -0.05) is 12.1 Å². The molecular weight excluding hydrogens is 328 g/mol. The third kappa shape index (κ3) is 3.51. The Kier molecular flexibility index (Phi) is 4.62. The number of para-hydroxylation sites is 1. The van der Waals surface area contributed by atoms with Crippen LogP contribution in [-0.4, -0.2) is 25.2 Å². The van der Waals surface area contributed by atoms with Crippen LogP contribution in [0.3, 0.4) is 0 Å². The SMILES string of the molecule is NC(=O)NCCCOC(=O)c1cc2cccc(Br)c2o1. The van der Waals surface area contributed by atoms with Gasteiger partial charge in [0.1, 0.15) is 5.58 Å². The number of urea groups is 1. The summed E-state index contributed by atoms with van der Waals surface area (Å²) in [6.07, 6.45) is 0.485. The quantitative estimate of drug-likeness (QED) is 0.645. The van der Waals surface area contributed by atoms with E-state index in [4.69, 9.17) is 14.9 Å². The highest BCUT2D eigenvalue weighted by Gasteiger charge is 2.14. The summed E-state index contributed by atoms with van der Waals surface area (Å²) >= 11 is 3.35. The smallest absolute Gasteiger partial charge is 0.374 e. The predicted molar refractivity (Wildman–Crippen MR) is 76.4 cm³/mol. The standard InChI is InChI=1S/C13H13BrN2O4/c14-9-4-1-3-8-7-10(20-11(8)9)12(17)19-6-2-5-16-13(15)18/h1,3-4,7H,2,5-6H2,(H3,15,16,18). The van der Waals surface area contributed by atoms with Gasteiger partial charge < -0.3 is 20.2 Å². The lowest BCUT2D eigenvalue weighted by Crippen LogP contribution is -2.30. The Balaban J connectivity index is 1.91. The van der Waals surface area contributed by atoms with Crippen molar-refractivity contribution in [2.24, 2.45) is 5.73 Å². The Labute approximate surface area is 123 Å². The van der Waals surface area contributed by atoms with E-state index in [1.54, 1.807) is 6.07 Å². The molecule has 0 aliphatic carbocycles. The predicted octanol–water partition coefficient (Wildman–Crippen LogP) is 2.41. The fourth-order valence-electron chi connectivity index (χ4n) is 1.65. The highest BCUT2D eigenvalue weighted by molar-refractivity contribution is 9.10. The summed E-state index contributed by atoms with van der Waals surface area (Å²) in [6, 6.07) is 6.56. The van der Waals surface area contributed by atoms with Crippen molar-refractivity contribution in [2.75, 3.05) is 13.2 Å². The second kappa shape index (κ2) is 6.42. The van der Waals surface area contributed by atoms with E-state index in [-0.39, 0.29) is 12.4 Å². The normalized spacial score (nSPS) is 10.4. The van der Waals surface area contributed by atoms with Crippen LogP contribution in [0.25, 0.3) is 11.0 Å². The first-order valence-electron chi connectivity index (χ1n) is 5.96. The molecule has 2 aromatic rings. The van der Waals surface area contributed by atoms with Crippen molar-refractivity contribution < 1.29 is 18.7 Å².